The summed E-state index contributed by atoms with van der Waals surface area (Å²) < 4.78 is 7.12. The smallest absolute Gasteiger partial charge is 0.145 e. The largest absolute Gasteiger partial charge is 0.309 e. The average Bonchev–Trinajstić information content (AvgIpc) is 3.78. The fourth-order valence-electron chi connectivity index (χ4n) is 7.27. The summed E-state index contributed by atoms with van der Waals surface area (Å²) in [5.74, 6) is 0. The first-order chi connectivity index (χ1) is 21.4. The van der Waals surface area contributed by atoms with E-state index in [-0.39, 0.29) is 0 Å². The van der Waals surface area contributed by atoms with Gasteiger partial charge in [-0.25, -0.2) is 4.98 Å². The van der Waals surface area contributed by atoms with Gasteiger partial charge in [0.25, 0.3) is 0 Å². The highest BCUT2D eigenvalue weighted by molar-refractivity contribution is 6.30. The molecule has 43 heavy (non-hydrogen) atoms. The minimum Gasteiger partial charge on any atom is -0.309 e. The van der Waals surface area contributed by atoms with Crippen LogP contribution in [0.15, 0.2) is 140 Å². The Morgan fingerprint density at radius 2 is 1.12 bits per heavy atom. The molecule has 0 fully saturated rings. The molecule has 0 bridgehead atoms. The third-order valence-corrected chi connectivity index (χ3v) is 8.96. The molecule has 0 aliphatic rings. The summed E-state index contributed by atoms with van der Waals surface area (Å²) in [7, 11) is 0. The van der Waals surface area contributed by atoms with E-state index in [2.05, 4.69) is 140 Å². The molecule has 0 radical (unpaired) electrons. The minimum atomic E-state index is 0.936. The SMILES string of the molecule is c1ccc(-n2c3ccccc3c3ccc4c(c5ccc6c7cnccc7c7nccn7c6c5n4-c4ccccc4)c32)cc1. The van der Waals surface area contributed by atoms with Gasteiger partial charge in [-0.05, 0) is 42.5 Å². The number of nitrogens with zero attached hydrogens (tertiary/aromatic N) is 5. The molecule has 5 heterocycles. The van der Waals surface area contributed by atoms with Crippen molar-refractivity contribution in [2.45, 2.75) is 0 Å². The zero-order chi connectivity index (χ0) is 28.1. The number of hydrogen-bond acceptors (Lipinski definition) is 2. The van der Waals surface area contributed by atoms with Crippen LogP contribution in [0.4, 0.5) is 0 Å². The van der Waals surface area contributed by atoms with Gasteiger partial charge in [0.1, 0.15) is 5.65 Å². The van der Waals surface area contributed by atoms with Crippen LogP contribution in [-0.4, -0.2) is 23.5 Å². The Morgan fingerprint density at radius 1 is 0.442 bits per heavy atom. The van der Waals surface area contributed by atoms with Gasteiger partial charge in [0.15, 0.2) is 0 Å². The van der Waals surface area contributed by atoms with Crippen LogP contribution in [-0.2, 0) is 0 Å². The zero-order valence-electron chi connectivity index (χ0n) is 23.0. The van der Waals surface area contributed by atoms with Crippen molar-refractivity contribution < 1.29 is 0 Å². The Hall–Kier alpha value is -5.94. The van der Waals surface area contributed by atoms with Crippen LogP contribution < -0.4 is 0 Å². The zero-order valence-corrected chi connectivity index (χ0v) is 23.0. The third kappa shape index (κ3) is 2.90. The molecule has 0 N–H and O–H groups in total. The molecule has 5 aromatic carbocycles. The van der Waals surface area contributed by atoms with Crippen LogP contribution in [0.3, 0.4) is 0 Å². The summed E-state index contributed by atoms with van der Waals surface area (Å²) >= 11 is 0. The van der Waals surface area contributed by atoms with Gasteiger partial charge in [-0.3, -0.25) is 9.38 Å². The monoisotopic (exact) mass is 549 g/mol. The maximum absolute atomic E-state index is 4.81. The van der Waals surface area contributed by atoms with Gasteiger partial charge >= 0.3 is 0 Å². The third-order valence-electron chi connectivity index (χ3n) is 8.96. The second-order valence-electron chi connectivity index (χ2n) is 11.1. The molecule has 5 heteroatoms. The molecular weight excluding hydrogens is 526 g/mol. The van der Waals surface area contributed by atoms with Crippen molar-refractivity contribution in [1.82, 2.24) is 23.5 Å². The maximum Gasteiger partial charge on any atom is 0.145 e. The number of rotatable bonds is 2. The lowest BCUT2D eigenvalue weighted by Gasteiger charge is -2.13. The first-order valence-corrected chi connectivity index (χ1v) is 14.5. The molecule has 10 aromatic rings. The van der Waals surface area contributed by atoms with Crippen LogP contribution in [0.25, 0.3) is 82.3 Å². The van der Waals surface area contributed by atoms with E-state index in [1.165, 1.54) is 38.1 Å². The number of para-hydroxylation sites is 3. The van der Waals surface area contributed by atoms with E-state index in [0.717, 1.165) is 44.2 Å². The predicted molar refractivity (Wildman–Crippen MR) is 177 cm³/mol. The van der Waals surface area contributed by atoms with Crippen molar-refractivity contribution in [2.75, 3.05) is 0 Å². The lowest BCUT2D eigenvalue weighted by molar-refractivity contribution is 1.17. The van der Waals surface area contributed by atoms with Crippen LogP contribution in [0.1, 0.15) is 0 Å². The number of imidazole rings is 1. The van der Waals surface area contributed by atoms with Crippen LogP contribution in [0.2, 0.25) is 0 Å². The highest BCUT2D eigenvalue weighted by Gasteiger charge is 2.23. The minimum absolute atomic E-state index is 0.936. The van der Waals surface area contributed by atoms with Crippen LogP contribution in [0, 0.1) is 0 Å². The summed E-state index contributed by atoms with van der Waals surface area (Å²) in [6.45, 7) is 0. The van der Waals surface area contributed by atoms with Gasteiger partial charge in [0, 0.05) is 73.9 Å². The Kier molecular flexibility index (Phi) is 4.39. The van der Waals surface area contributed by atoms with E-state index in [0.29, 0.717) is 0 Å². The van der Waals surface area contributed by atoms with Crippen LogP contribution in [0.5, 0.6) is 0 Å². The number of fused-ring (bicyclic) bond motifs is 14. The highest BCUT2D eigenvalue weighted by atomic mass is 15.0. The second-order valence-corrected chi connectivity index (χ2v) is 11.1. The Labute approximate surface area is 245 Å². The molecule has 0 aliphatic carbocycles. The second kappa shape index (κ2) is 8.30. The molecule has 0 aliphatic heterocycles. The molecule has 0 amide bonds. The summed E-state index contributed by atoms with van der Waals surface area (Å²) in [6.07, 6.45) is 7.80. The molecule has 5 aromatic heterocycles. The van der Waals surface area contributed by atoms with Gasteiger partial charge < -0.3 is 9.13 Å². The Morgan fingerprint density at radius 3 is 1.93 bits per heavy atom. The van der Waals surface area contributed by atoms with Gasteiger partial charge in [-0.1, -0.05) is 72.8 Å². The van der Waals surface area contributed by atoms with E-state index < -0.39 is 0 Å². The molecule has 0 saturated carbocycles. The summed E-state index contributed by atoms with van der Waals surface area (Å²) in [5.41, 5.74) is 9.07. The van der Waals surface area contributed by atoms with E-state index in [9.17, 15) is 0 Å². The number of pyridine rings is 2. The molecule has 10 rings (SSSR count). The quantitative estimate of drug-likeness (QED) is 0.202. The lowest BCUT2D eigenvalue weighted by Crippen LogP contribution is -1.98. The number of hydrogen-bond donors (Lipinski definition) is 0. The summed E-state index contributed by atoms with van der Waals surface area (Å²) in [4.78, 5) is 9.34. The first-order valence-electron chi connectivity index (χ1n) is 14.5. The van der Waals surface area contributed by atoms with E-state index >= 15 is 0 Å². The summed E-state index contributed by atoms with van der Waals surface area (Å²) in [6, 6.07) is 41.4. The van der Waals surface area contributed by atoms with Gasteiger partial charge in [-0.15, -0.1) is 0 Å². The topological polar surface area (TPSA) is 40.1 Å². The number of aromatic nitrogens is 5. The molecule has 200 valence electrons. The highest BCUT2D eigenvalue weighted by Crippen LogP contribution is 2.44. The van der Waals surface area contributed by atoms with Gasteiger partial charge in [-0.2, -0.15) is 0 Å². The predicted octanol–water partition coefficient (Wildman–Crippen LogP) is 9.23. The first kappa shape index (κ1) is 22.7. The fraction of sp³-hybridized carbons (Fsp3) is 0. The molecule has 0 spiro atoms. The fourth-order valence-corrected chi connectivity index (χ4v) is 7.27. The lowest BCUT2D eigenvalue weighted by atomic mass is 10.0. The summed E-state index contributed by atoms with van der Waals surface area (Å²) in [5, 5.41) is 8.29. The van der Waals surface area contributed by atoms with E-state index in [1.54, 1.807) is 0 Å². The van der Waals surface area contributed by atoms with E-state index in [4.69, 9.17) is 4.98 Å². The Bertz CT molecular complexity index is 2710. The van der Waals surface area contributed by atoms with Gasteiger partial charge in [0.2, 0.25) is 0 Å². The molecule has 0 saturated heterocycles. The van der Waals surface area contributed by atoms with Crippen molar-refractivity contribution in [3.8, 4) is 11.4 Å². The normalized spacial score (nSPS) is 12.2. The number of benzene rings is 5. The maximum atomic E-state index is 4.81. The molecule has 5 nitrogen and oxygen atoms in total. The van der Waals surface area contributed by atoms with Crippen molar-refractivity contribution in [3.05, 3.63) is 140 Å². The average molecular weight is 550 g/mol. The molecule has 0 atom stereocenters. The standard InChI is InChI=1S/C38H23N5/c1-3-9-24(10-4-1)42-32-14-8-7-13-26(32)27-17-18-33-34(35(27)42)30-16-15-28-31-23-39-20-19-29(31)38-40-21-22-41(38)36(28)37(30)43(33)25-11-5-2-6-12-25/h1-23H. The van der Waals surface area contributed by atoms with Crippen molar-refractivity contribution in [1.29, 1.82) is 0 Å². The van der Waals surface area contributed by atoms with Crippen LogP contribution >= 0.6 is 0 Å². The van der Waals surface area contributed by atoms with E-state index in [1.807, 2.05) is 18.6 Å². The van der Waals surface area contributed by atoms with Gasteiger partial charge in [0.05, 0.1) is 27.6 Å². The molecule has 0 unspecified atom stereocenters. The van der Waals surface area contributed by atoms with Crippen molar-refractivity contribution >= 4 is 70.9 Å². The molecular formula is C38H23N5. The van der Waals surface area contributed by atoms with Crippen molar-refractivity contribution in [2.24, 2.45) is 0 Å². The Balaban J connectivity index is 1.53. The van der Waals surface area contributed by atoms with Crippen molar-refractivity contribution in [3.63, 3.8) is 0 Å².